The van der Waals surface area contributed by atoms with Gasteiger partial charge in [-0.25, -0.2) is 17.5 Å². The van der Waals surface area contributed by atoms with E-state index in [4.69, 9.17) is 4.74 Å². The second kappa shape index (κ2) is 4.18. The number of nitrogens with one attached hydrogen (secondary N) is 1. The highest BCUT2D eigenvalue weighted by atomic mass is 79.9. The van der Waals surface area contributed by atoms with Crippen LogP contribution in [0.4, 0.5) is 4.39 Å². The van der Waals surface area contributed by atoms with Gasteiger partial charge < -0.3 is 4.74 Å². The minimum Gasteiger partial charge on any atom is -0.491 e. The normalized spacial score (nSPS) is 22.7. The predicted octanol–water partition coefficient (Wildman–Crippen LogP) is 2.10. The van der Waals surface area contributed by atoms with E-state index in [2.05, 4.69) is 20.7 Å². The van der Waals surface area contributed by atoms with Gasteiger partial charge in [0.25, 0.3) is 0 Å². The van der Waals surface area contributed by atoms with Crippen molar-refractivity contribution >= 4 is 26.0 Å². The molecule has 0 radical (unpaired) electrons. The van der Waals surface area contributed by atoms with E-state index in [-0.39, 0.29) is 11.9 Å². The molecule has 1 N–H and O–H groups in total. The van der Waals surface area contributed by atoms with Crippen LogP contribution in [0.5, 0.6) is 5.75 Å². The molecule has 4 nitrogen and oxygen atoms in total. The number of sulfonamides is 1. The van der Waals surface area contributed by atoms with Gasteiger partial charge in [-0.05, 0) is 34.8 Å². The van der Waals surface area contributed by atoms with Crippen molar-refractivity contribution < 1.29 is 17.5 Å². The molecule has 0 unspecified atom stereocenters. The Morgan fingerprint density at radius 1 is 1.39 bits per heavy atom. The first-order chi connectivity index (χ1) is 8.47. The topological polar surface area (TPSA) is 55.4 Å². The van der Waals surface area contributed by atoms with E-state index in [0.29, 0.717) is 28.6 Å². The smallest absolute Gasteiger partial charge is 0.215 e. The van der Waals surface area contributed by atoms with E-state index >= 15 is 0 Å². The summed E-state index contributed by atoms with van der Waals surface area (Å²) in [5, 5.41) is -0.273. The Kier molecular flexibility index (Phi) is 2.87. The summed E-state index contributed by atoms with van der Waals surface area (Å²) in [5.74, 6) is -0.0151. The molecule has 98 valence electrons. The van der Waals surface area contributed by atoms with Crippen molar-refractivity contribution in [3.05, 3.63) is 28.0 Å². The second-order valence-corrected chi connectivity index (χ2v) is 7.38. The van der Waals surface area contributed by atoms with Gasteiger partial charge in [0.15, 0.2) is 0 Å². The summed E-state index contributed by atoms with van der Waals surface area (Å²) in [6, 6.07) is 2.41. The summed E-state index contributed by atoms with van der Waals surface area (Å²) < 4.78 is 45.3. The first-order valence-corrected chi connectivity index (χ1v) is 7.94. The lowest BCUT2D eigenvalue weighted by atomic mass is 10.1. The Balaban J connectivity index is 1.88. The summed E-state index contributed by atoms with van der Waals surface area (Å²) in [5.41, 5.74) is 0.674. The zero-order valence-corrected chi connectivity index (χ0v) is 11.7. The Morgan fingerprint density at radius 3 is 2.78 bits per heavy atom. The predicted molar refractivity (Wildman–Crippen MR) is 67.4 cm³/mol. The number of benzene rings is 1. The van der Waals surface area contributed by atoms with E-state index in [1.807, 2.05) is 0 Å². The molecule has 1 fully saturated rings. The fraction of sp³-hybridized carbons (Fsp3) is 0.455. The fourth-order valence-electron chi connectivity index (χ4n) is 1.97. The van der Waals surface area contributed by atoms with Crippen LogP contribution in [0.2, 0.25) is 0 Å². The van der Waals surface area contributed by atoms with Crippen LogP contribution in [0.25, 0.3) is 0 Å². The molecule has 18 heavy (non-hydrogen) atoms. The van der Waals surface area contributed by atoms with E-state index in [0.717, 1.165) is 0 Å². The molecule has 0 bridgehead atoms. The maximum absolute atomic E-state index is 13.3. The van der Waals surface area contributed by atoms with E-state index in [9.17, 15) is 12.8 Å². The number of halogens is 2. The van der Waals surface area contributed by atoms with Gasteiger partial charge in [-0.1, -0.05) is 0 Å². The van der Waals surface area contributed by atoms with Gasteiger partial charge in [0.1, 0.15) is 18.2 Å². The molecule has 1 saturated carbocycles. The Bertz CT molecular complexity index is 601. The van der Waals surface area contributed by atoms with Gasteiger partial charge in [-0.3, -0.25) is 0 Å². The van der Waals surface area contributed by atoms with Gasteiger partial charge in [0.2, 0.25) is 10.0 Å². The number of hydrogen-bond acceptors (Lipinski definition) is 3. The maximum Gasteiger partial charge on any atom is 0.215 e. The third-order valence-electron chi connectivity index (χ3n) is 3.10. The molecular weight excluding hydrogens is 325 g/mol. The lowest BCUT2D eigenvalue weighted by molar-refractivity contribution is 0.324. The maximum atomic E-state index is 13.3. The van der Waals surface area contributed by atoms with Crippen molar-refractivity contribution in [1.29, 1.82) is 0 Å². The standard InChI is InChI=1S/C11H11BrFNO3S/c12-8-3-7-10(5-17-11(7)4-9(8)13)14-18(15,16)6-1-2-6/h3-4,6,10,14H,1-2,5H2/t10-/m0/s1. The molecule has 1 aliphatic carbocycles. The molecule has 1 atom stereocenters. The van der Waals surface area contributed by atoms with Crippen molar-refractivity contribution in [1.82, 2.24) is 4.72 Å². The van der Waals surface area contributed by atoms with Gasteiger partial charge in [0.05, 0.1) is 15.8 Å². The molecule has 2 aliphatic rings. The molecule has 7 heteroatoms. The molecule has 1 aromatic carbocycles. The van der Waals surface area contributed by atoms with Gasteiger partial charge in [0, 0.05) is 11.6 Å². The van der Waals surface area contributed by atoms with E-state index < -0.39 is 21.9 Å². The lowest BCUT2D eigenvalue weighted by Crippen LogP contribution is -2.32. The first-order valence-electron chi connectivity index (χ1n) is 5.60. The van der Waals surface area contributed by atoms with Crippen LogP contribution < -0.4 is 9.46 Å². The minimum atomic E-state index is -3.28. The van der Waals surface area contributed by atoms with Crippen LogP contribution in [0.15, 0.2) is 16.6 Å². The second-order valence-electron chi connectivity index (χ2n) is 4.53. The average molecular weight is 336 g/mol. The number of fused-ring (bicyclic) bond motifs is 1. The summed E-state index contributed by atoms with van der Waals surface area (Å²) in [6.45, 7) is 0.206. The average Bonchev–Trinajstić information content (AvgIpc) is 3.08. The molecule has 0 amide bonds. The number of ether oxygens (including phenoxy) is 1. The Hall–Kier alpha value is -0.660. The molecule has 1 heterocycles. The molecule has 0 spiro atoms. The van der Waals surface area contributed by atoms with Crippen molar-refractivity contribution in [2.75, 3.05) is 6.61 Å². The van der Waals surface area contributed by atoms with Crippen molar-refractivity contribution in [2.24, 2.45) is 0 Å². The highest BCUT2D eigenvalue weighted by Crippen LogP contribution is 2.37. The van der Waals surface area contributed by atoms with Crippen LogP contribution in [0, 0.1) is 5.82 Å². The zero-order chi connectivity index (χ0) is 12.9. The molecule has 1 aliphatic heterocycles. The molecular formula is C11H11BrFNO3S. The zero-order valence-electron chi connectivity index (χ0n) is 9.32. The minimum absolute atomic E-state index is 0.206. The third kappa shape index (κ3) is 2.15. The first kappa shape index (κ1) is 12.4. The molecule has 1 aromatic rings. The molecule has 0 aromatic heterocycles. The lowest BCUT2D eigenvalue weighted by Gasteiger charge is -2.11. The van der Waals surface area contributed by atoms with Gasteiger partial charge >= 0.3 is 0 Å². The van der Waals surface area contributed by atoms with E-state index in [1.54, 1.807) is 6.07 Å². The number of rotatable bonds is 3. The van der Waals surface area contributed by atoms with Crippen LogP contribution >= 0.6 is 15.9 Å². The highest BCUT2D eigenvalue weighted by Gasteiger charge is 2.39. The fourth-order valence-corrected chi connectivity index (χ4v) is 3.88. The number of hydrogen-bond donors (Lipinski definition) is 1. The third-order valence-corrected chi connectivity index (χ3v) is 5.67. The molecule has 3 rings (SSSR count). The summed E-state index contributed by atoms with van der Waals surface area (Å²) >= 11 is 3.09. The SMILES string of the molecule is O=S(=O)(N[C@H]1COc2cc(F)c(Br)cc21)C1CC1. The van der Waals surface area contributed by atoms with Crippen molar-refractivity contribution in [3.8, 4) is 5.75 Å². The molecule has 0 saturated heterocycles. The Labute approximate surface area is 113 Å². The summed E-state index contributed by atoms with van der Waals surface area (Å²) in [6.07, 6.45) is 1.42. The van der Waals surface area contributed by atoms with Crippen LogP contribution in [0.3, 0.4) is 0 Å². The monoisotopic (exact) mass is 335 g/mol. The van der Waals surface area contributed by atoms with Crippen LogP contribution in [-0.2, 0) is 10.0 Å². The largest absolute Gasteiger partial charge is 0.491 e. The van der Waals surface area contributed by atoms with Crippen molar-refractivity contribution in [2.45, 2.75) is 24.1 Å². The van der Waals surface area contributed by atoms with E-state index in [1.165, 1.54) is 6.07 Å². The van der Waals surface area contributed by atoms with Crippen molar-refractivity contribution in [3.63, 3.8) is 0 Å². The van der Waals surface area contributed by atoms with Gasteiger partial charge in [-0.2, -0.15) is 0 Å². The Morgan fingerprint density at radius 2 is 2.11 bits per heavy atom. The van der Waals surface area contributed by atoms with Crippen LogP contribution in [0.1, 0.15) is 24.4 Å². The quantitative estimate of drug-likeness (QED) is 0.920. The van der Waals surface area contributed by atoms with Gasteiger partial charge in [-0.15, -0.1) is 0 Å². The summed E-state index contributed by atoms with van der Waals surface area (Å²) in [7, 11) is -3.28. The summed E-state index contributed by atoms with van der Waals surface area (Å²) in [4.78, 5) is 0. The highest BCUT2D eigenvalue weighted by molar-refractivity contribution is 9.10. The van der Waals surface area contributed by atoms with Crippen LogP contribution in [-0.4, -0.2) is 20.3 Å².